The summed E-state index contributed by atoms with van der Waals surface area (Å²) in [7, 11) is 0. The largest absolute Gasteiger partial charge is 0.493 e. The number of piperidine rings is 1. The van der Waals surface area contributed by atoms with Crippen LogP contribution in [0, 0.1) is 12.8 Å². The van der Waals surface area contributed by atoms with E-state index in [1.54, 1.807) is 11.0 Å². The Balaban J connectivity index is 1.66. The van der Waals surface area contributed by atoms with Crippen molar-refractivity contribution >= 4 is 23.6 Å². The first-order chi connectivity index (χ1) is 11.5. The van der Waals surface area contributed by atoms with E-state index in [2.05, 4.69) is 5.32 Å². The Morgan fingerprint density at radius 2 is 2.25 bits per heavy atom. The molecule has 0 aromatic heterocycles. The molecular weight excluding hydrogens is 332 g/mol. The molecule has 132 valence electrons. The van der Waals surface area contributed by atoms with Gasteiger partial charge in [0.05, 0.1) is 12.5 Å². The molecule has 2 amide bonds. The van der Waals surface area contributed by atoms with Crippen molar-refractivity contribution in [2.75, 3.05) is 26.2 Å². The molecule has 0 bridgehead atoms. The number of likely N-dealkylation sites (tertiary alicyclic amines) is 1. The number of carboxylic acids is 1. The maximum atomic E-state index is 12.1. The van der Waals surface area contributed by atoms with E-state index in [0.29, 0.717) is 37.6 Å². The summed E-state index contributed by atoms with van der Waals surface area (Å²) < 4.78 is 5.67. The number of nitrogens with zero attached hydrogens (tertiary/aromatic N) is 1. The number of hydrogen-bond donors (Lipinski definition) is 2. The number of carbonyl (C=O) groups excluding carboxylic acids is 1. The fraction of sp³-hybridized carbons (Fsp3) is 0.529. The van der Waals surface area contributed by atoms with E-state index in [1.165, 1.54) is 0 Å². The number of carboxylic acid groups (broad SMARTS) is 1. The summed E-state index contributed by atoms with van der Waals surface area (Å²) in [5, 5.41) is 12.5. The zero-order valence-corrected chi connectivity index (χ0v) is 14.5. The van der Waals surface area contributed by atoms with Crippen LogP contribution in [0.2, 0.25) is 5.02 Å². The van der Waals surface area contributed by atoms with Gasteiger partial charge in [-0.25, -0.2) is 4.79 Å². The Morgan fingerprint density at radius 1 is 1.46 bits per heavy atom. The molecule has 2 rings (SSSR count). The van der Waals surface area contributed by atoms with Crippen LogP contribution in [0.3, 0.4) is 0 Å². The summed E-state index contributed by atoms with van der Waals surface area (Å²) in [6.45, 7) is 3.79. The summed E-state index contributed by atoms with van der Waals surface area (Å²) in [6.07, 6.45) is 2.03. The maximum absolute atomic E-state index is 12.1. The molecule has 0 spiro atoms. The van der Waals surface area contributed by atoms with E-state index >= 15 is 0 Å². The first-order valence-electron chi connectivity index (χ1n) is 8.12. The topological polar surface area (TPSA) is 78.9 Å². The first-order valence-corrected chi connectivity index (χ1v) is 8.49. The first kappa shape index (κ1) is 18.4. The zero-order chi connectivity index (χ0) is 17.5. The van der Waals surface area contributed by atoms with Gasteiger partial charge in [0.1, 0.15) is 5.75 Å². The highest BCUT2D eigenvalue weighted by Gasteiger charge is 2.27. The molecule has 2 N–H and O–H groups in total. The van der Waals surface area contributed by atoms with Gasteiger partial charge < -0.3 is 20.1 Å². The van der Waals surface area contributed by atoms with Crippen LogP contribution in [0.1, 0.15) is 24.8 Å². The predicted molar refractivity (Wildman–Crippen MR) is 91.6 cm³/mol. The van der Waals surface area contributed by atoms with Crippen LogP contribution in [0.5, 0.6) is 5.75 Å². The lowest BCUT2D eigenvalue weighted by Crippen LogP contribution is -2.47. The van der Waals surface area contributed by atoms with Crippen LogP contribution >= 0.6 is 11.6 Å². The van der Waals surface area contributed by atoms with Crippen LogP contribution in [-0.4, -0.2) is 48.2 Å². The van der Waals surface area contributed by atoms with E-state index in [1.807, 2.05) is 19.1 Å². The molecule has 0 aliphatic carbocycles. The highest BCUT2D eigenvalue weighted by Crippen LogP contribution is 2.21. The highest BCUT2D eigenvalue weighted by molar-refractivity contribution is 6.30. The molecule has 1 aliphatic rings. The second-order valence-electron chi connectivity index (χ2n) is 5.97. The smallest absolute Gasteiger partial charge is 0.317 e. The summed E-state index contributed by atoms with van der Waals surface area (Å²) >= 11 is 5.89. The lowest BCUT2D eigenvalue weighted by Gasteiger charge is -2.30. The van der Waals surface area contributed by atoms with Crippen LogP contribution in [-0.2, 0) is 4.79 Å². The maximum Gasteiger partial charge on any atom is 0.317 e. The van der Waals surface area contributed by atoms with Crippen molar-refractivity contribution in [3.8, 4) is 5.75 Å². The molecular formula is C17H23ClN2O4. The number of aliphatic carboxylic acids is 1. The zero-order valence-electron chi connectivity index (χ0n) is 13.8. The van der Waals surface area contributed by atoms with Crippen molar-refractivity contribution in [2.45, 2.75) is 26.2 Å². The number of urea groups is 1. The molecule has 1 unspecified atom stereocenters. The quantitative estimate of drug-likeness (QED) is 0.770. The van der Waals surface area contributed by atoms with Gasteiger partial charge in [-0.2, -0.15) is 0 Å². The number of carbonyl (C=O) groups is 2. The van der Waals surface area contributed by atoms with Crippen LogP contribution < -0.4 is 10.1 Å². The molecule has 1 saturated heterocycles. The van der Waals surface area contributed by atoms with E-state index in [4.69, 9.17) is 21.4 Å². The van der Waals surface area contributed by atoms with Crippen molar-refractivity contribution < 1.29 is 19.4 Å². The monoisotopic (exact) mass is 354 g/mol. The molecule has 0 saturated carbocycles. The standard InChI is InChI=1S/C17H23ClN2O4/c1-12-10-14(18)5-6-15(12)24-9-3-7-19-17(23)20-8-2-4-13(11-20)16(21)22/h5-6,10,13H,2-4,7-9,11H2,1H3,(H,19,23)(H,21,22). The van der Waals surface area contributed by atoms with Gasteiger partial charge in [0.2, 0.25) is 0 Å². The second kappa shape index (κ2) is 8.78. The Morgan fingerprint density at radius 3 is 2.96 bits per heavy atom. The molecule has 7 heteroatoms. The Labute approximate surface area is 146 Å². The molecule has 1 aromatic rings. The molecule has 0 radical (unpaired) electrons. The van der Waals surface area contributed by atoms with Crippen LogP contribution in [0.15, 0.2) is 18.2 Å². The number of benzene rings is 1. The van der Waals surface area contributed by atoms with E-state index in [-0.39, 0.29) is 12.6 Å². The van der Waals surface area contributed by atoms with Gasteiger partial charge in [0.15, 0.2) is 0 Å². The molecule has 1 heterocycles. The Bertz CT molecular complexity index is 594. The third-order valence-corrected chi connectivity index (χ3v) is 4.28. The number of nitrogens with one attached hydrogen (secondary N) is 1. The van der Waals surface area contributed by atoms with Crippen molar-refractivity contribution in [1.82, 2.24) is 10.2 Å². The number of amides is 2. The van der Waals surface area contributed by atoms with Gasteiger partial charge in [-0.1, -0.05) is 11.6 Å². The molecule has 1 aliphatic heterocycles. The summed E-state index contributed by atoms with van der Waals surface area (Å²) in [6, 6.07) is 5.24. The second-order valence-corrected chi connectivity index (χ2v) is 6.40. The van der Waals surface area contributed by atoms with Gasteiger partial charge in [-0.3, -0.25) is 4.79 Å². The van der Waals surface area contributed by atoms with E-state index < -0.39 is 11.9 Å². The summed E-state index contributed by atoms with van der Waals surface area (Å²) in [5.41, 5.74) is 0.972. The predicted octanol–water partition coefficient (Wildman–Crippen LogP) is 2.92. The highest BCUT2D eigenvalue weighted by atomic mass is 35.5. The summed E-state index contributed by atoms with van der Waals surface area (Å²) in [4.78, 5) is 24.7. The van der Waals surface area contributed by atoms with E-state index in [0.717, 1.165) is 17.7 Å². The number of hydrogen-bond acceptors (Lipinski definition) is 3. The molecule has 6 nitrogen and oxygen atoms in total. The molecule has 24 heavy (non-hydrogen) atoms. The number of rotatable bonds is 6. The Hall–Kier alpha value is -1.95. The number of ether oxygens (including phenoxy) is 1. The van der Waals surface area contributed by atoms with Crippen molar-refractivity contribution in [3.63, 3.8) is 0 Å². The van der Waals surface area contributed by atoms with Gasteiger partial charge in [-0.05, 0) is 49.9 Å². The van der Waals surface area contributed by atoms with Gasteiger partial charge in [-0.15, -0.1) is 0 Å². The van der Waals surface area contributed by atoms with E-state index in [9.17, 15) is 9.59 Å². The van der Waals surface area contributed by atoms with Gasteiger partial charge in [0.25, 0.3) is 0 Å². The summed E-state index contributed by atoms with van der Waals surface area (Å²) in [5.74, 6) is -0.508. The number of halogens is 1. The fourth-order valence-electron chi connectivity index (χ4n) is 2.70. The number of aryl methyl sites for hydroxylation is 1. The molecule has 1 fully saturated rings. The van der Waals surface area contributed by atoms with Gasteiger partial charge in [0, 0.05) is 24.7 Å². The molecule has 1 aromatic carbocycles. The minimum absolute atomic E-state index is 0.205. The SMILES string of the molecule is Cc1cc(Cl)ccc1OCCCNC(=O)N1CCCC(C(=O)O)C1. The average molecular weight is 355 g/mol. The van der Waals surface area contributed by atoms with Crippen LogP contribution in [0.4, 0.5) is 4.79 Å². The lowest BCUT2D eigenvalue weighted by atomic mass is 9.99. The van der Waals surface area contributed by atoms with Crippen LogP contribution in [0.25, 0.3) is 0 Å². The fourth-order valence-corrected chi connectivity index (χ4v) is 2.93. The third kappa shape index (κ3) is 5.30. The molecule has 1 atom stereocenters. The average Bonchev–Trinajstić information content (AvgIpc) is 2.56. The van der Waals surface area contributed by atoms with Crippen molar-refractivity contribution in [3.05, 3.63) is 28.8 Å². The Kier molecular flexibility index (Phi) is 6.73. The minimum Gasteiger partial charge on any atom is -0.493 e. The lowest BCUT2D eigenvalue weighted by molar-refractivity contribution is -0.143. The van der Waals surface area contributed by atoms with Crippen molar-refractivity contribution in [1.29, 1.82) is 0 Å². The third-order valence-electron chi connectivity index (χ3n) is 4.05. The van der Waals surface area contributed by atoms with Crippen molar-refractivity contribution in [2.24, 2.45) is 5.92 Å². The van der Waals surface area contributed by atoms with Gasteiger partial charge >= 0.3 is 12.0 Å². The minimum atomic E-state index is -0.834. The normalized spacial score (nSPS) is 17.4.